The first-order valence-electron chi connectivity index (χ1n) is 5.59. The highest BCUT2D eigenvalue weighted by atomic mass is 16.1. The van der Waals surface area contributed by atoms with Crippen LogP contribution in [0, 0.1) is 0 Å². The van der Waals surface area contributed by atoms with Gasteiger partial charge in [-0.25, -0.2) is 0 Å². The predicted octanol–water partition coefficient (Wildman–Crippen LogP) is 3.25. The van der Waals surface area contributed by atoms with Gasteiger partial charge in [-0.1, -0.05) is 13.0 Å². The molecule has 0 heterocycles. The molecule has 1 amide bonds. The van der Waals surface area contributed by atoms with Crippen molar-refractivity contribution in [2.24, 2.45) is 0 Å². The summed E-state index contributed by atoms with van der Waals surface area (Å²) < 4.78 is 0. The van der Waals surface area contributed by atoms with Crippen LogP contribution in [0.1, 0.15) is 34.1 Å². The van der Waals surface area contributed by atoms with Gasteiger partial charge in [-0.05, 0) is 39.0 Å². The maximum Gasteiger partial charge on any atom is 0.224 e. The number of hydrogen-bond acceptors (Lipinski definition) is 2. The van der Waals surface area contributed by atoms with E-state index in [1.807, 2.05) is 31.2 Å². The van der Waals surface area contributed by atoms with Gasteiger partial charge in [-0.3, -0.25) is 4.79 Å². The zero-order valence-corrected chi connectivity index (χ0v) is 10.4. The van der Waals surface area contributed by atoms with Gasteiger partial charge in [0.1, 0.15) is 0 Å². The molecule has 0 aliphatic heterocycles. The lowest BCUT2D eigenvalue weighted by Gasteiger charge is -2.22. The molecule has 1 aromatic carbocycles. The van der Waals surface area contributed by atoms with E-state index in [4.69, 9.17) is 0 Å². The molecule has 0 saturated heterocycles. The average molecular weight is 220 g/mol. The molecule has 0 aliphatic carbocycles. The second-order valence-electron chi connectivity index (χ2n) is 4.86. The number of carbonyl (C=O) groups is 1. The summed E-state index contributed by atoms with van der Waals surface area (Å²) in [6.07, 6.45) is 0.497. The van der Waals surface area contributed by atoms with Gasteiger partial charge in [-0.15, -0.1) is 0 Å². The van der Waals surface area contributed by atoms with Crippen molar-refractivity contribution in [3.8, 4) is 0 Å². The normalized spacial score (nSPS) is 11.0. The monoisotopic (exact) mass is 220 g/mol. The van der Waals surface area contributed by atoms with Crippen molar-refractivity contribution in [1.29, 1.82) is 0 Å². The van der Waals surface area contributed by atoms with Crippen LogP contribution in [-0.4, -0.2) is 11.4 Å². The fourth-order valence-corrected chi connectivity index (χ4v) is 1.36. The zero-order chi connectivity index (χ0) is 12.2. The summed E-state index contributed by atoms with van der Waals surface area (Å²) in [6, 6.07) is 7.76. The fraction of sp³-hybridized carbons (Fsp3) is 0.462. The van der Waals surface area contributed by atoms with Gasteiger partial charge in [0.05, 0.1) is 0 Å². The van der Waals surface area contributed by atoms with E-state index in [0.717, 1.165) is 11.4 Å². The van der Waals surface area contributed by atoms with Crippen LogP contribution in [0.15, 0.2) is 24.3 Å². The molecule has 0 radical (unpaired) electrons. The maximum absolute atomic E-state index is 11.2. The van der Waals surface area contributed by atoms with Crippen molar-refractivity contribution in [2.75, 3.05) is 10.6 Å². The largest absolute Gasteiger partial charge is 0.380 e. The Balaban J connectivity index is 2.75. The number of benzene rings is 1. The van der Waals surface area contributed by atoms with Gasteiger partial charge in [0, 0.05) is 23.3 Å². The molecule has 3 heteroatoms. The molecule has 0 unspecified atom stereocenters. The third-order valence-electron chi connectivity index (χ3n) is 1.99. The van der Waals surface area contributed by atoms with Gasteiger partial charge in [0.25, 0.3) is 0 Å². The molecule has 2 N–H and O–H groups in total. The molecule has 0 bridgehead atoms. The molecular weight excluding hydrogens is 200 g/mol. The first kappa shape index (κ1) is 12.6. The van der Waals surface area contributed by atoms with Gasteiger partial charge in [0.15, 0.2) is 0 Å². The number of nitrogens with one attached hydrogen (secondary N) is 2. The van der Waals surface area contributed by atoms with Gasteiger partial charge in [0.2, 0.25) is 5.91 Å². The first-order valence-corrected chi connectivity index (χ1v) is 5.59. The molecule has 0 saturated carbocycles. The molecule has 0 aromatic heterocycles. The highest BCUT2D eigenvalue weighted by molar-refractivity contribution is 5.90. The molecule has 88 valence electrons. The van der Waals surface area contributed by atoms with Gasteiger partial charge < -0.3 is 10.6 Å². The van der Waals surface area contributed by atoms with E-state index >= 15 is 0 Å². The summed E-state index contributed by atoms with van der Waals surface area (Å²) in [5.74, 6) is 0.0351. The van der Waals surface area contributed by atoms with Crippen LogP contribution in [0.4, 0.5) is 11.4 Å². The van der Waals surface area contributed by atoms with E-state index in [2.05, 4.69) is 31.4 Å². The Labute approximate surface area is 97.2 Å². The van der Waals surface area contributed by atoms with Gasteiger partial charge in [-0.2, -0.15) is 0 Å². The first-order chi connectivity index (χ1) is 7.40. The summed E-state index contributed by atoms with van der Waals surface area (Å²) in [4.78, 5) is 11.2. The van der Waals surface area contributed by atoms with E-state index < -0.39 is 0 Å². The van der Waals surface area contributed by atoms with Crippen molar-refractivity contribution in [2.45, 2.75) is 39.7 Å². The Kier molecular flexibility index (Phi) is 3.93. The number of anilines is 2. The van der Waals surface area contributed by atoms with Gasteiger partial charge >= 0.3 is 0 Å². The van der Waals surface area contributed by atoms with Crippen LogP contribution in [0.2, 0.25) is 0 Å². The zero-order valence-electron chi connectivity index (χ0n) is 10.4. The lowest BCUT2D eigenvalue weighted by molar-refractivity contribution is -0.115. The van der Waals surface area contributed by atoms with Crippen LogP contribution < -0.4 is 10.6 Å². The standard InChI is InChI=1S/C13H20N2O/c1-5-12(16)14-10-7-6-8-11(9-10)15-13(2,3)4/h6-9,15H,5H2,1-4H3,(H,14,16). The average Bonchev–Trinajstić information content (AvgIpc) is 2.15. The molecule has 0 atom stereocenters. The molecular formula is C13H20N2O. The summed E-state index contributed by atoms with van der Waals surface area (Å²) >= 11 is 0. The molecule has 0 spiro atoms. The quantitative estimate of drug-likeness (QED) is 0.821. The fourth-order valence-electron chi connectivity index (χ4n) is 1.36. The minimum Gasteiger partial charge on any atom is -0.380 e. The van der Waals surface area contributed by atoms with Crippen molar-refractivity contribution >= 4 is 17.3 Å². The second-order valence-corrected chi connectivity index (χ2v) is 4.86. The molecule has 16 heavy (non-hydrogen) atoms. The van der Waals surface area contributed by atoms with Crippen LogP contribution >= 0.6 is 0 Å². The summed E-state index contributed by atoms with van der Waals surface area (Å²) in [5.41, 5.74) is 1.87. The summed E-state index contributed by atoms with van der Waals surface area (Å²) in [6.45, 7) is 8.14. The van der Waals surface area contributed by atoms with E-state index in [0.29, 0.717) is 6.42 Å². The van der Waals surface area contributed by atoms with Crippen molar-refractivity contribution in [3.05, 3.63) is 24.3 Å². The van der Waals surface area contributed by atoms with Crippen molar-refractivity contribution in [1.82, 2.24) is 0 Å². The highest BCUT2D eigenvalue weighted by Crippen LogP contribution is 2.19. The van der Waals surface area contributed by atoms with Crippen LogP contribution in [0.25, 0.3) is 0 Å². The van der Waals surface area contributed by atoms with Crippen molar-refractivity contribution < 1.29 is 4.79 Å². The van der Waals surface area contributed by atoms with Crippen LogP contribution in [0.5, 0.6) is 0 Å². The Bertz CT molecular complexity index is 366. The molecule has 3 nitrogen and oxygen atoms in total. The molecule has 1 rings (SSSR count). The molecule has 0 fully saturated rings. The number of hydrogen-bond donors (Lipinski definition) is 2. The maximum atomic E-state index is 11.2. The third-order valence-corrected chi connectivity index (χ3v) is 1.99. The SMILES string of the molecule is CCC(=O)Nc1cccc(NC(C)(C)C)c1. The predicted molar refractivity (Wildman–Crippen MR) is 68.7 cm³/mol. The smallest absolute Gasteiger partial charge is 0.224 e. The Hall–Kier alpha value is -1.51. The lowest BCUT2D eigenvalue weighted by atomic mass is 10.1. The van der Waals surface area contributed by atoms with E-state index in [1.165, 1.54) is 0 Å². The van der Waals surface area contributed by atoms with E-state index in [1.54, 1.807) is 0 Å². The molecule has 0 aliphatic rings. The number of carbonyl (C=O) groups excluding carboxylic acids is 1. The van der Waals surface area contributed by atoms with Crippen LogP contribution in [-0.2, 0) is 4.79 Å². The topological polar surface area (TPSA) is 41.1 Å². The Morgan fingerprint density at radius 1 is 1.25 bits per heavy atom. The lowest BCUT2D eigenvalue weighted by Crippen LogP contribution is -2.26. The number of rotatable bonds is 3. The Morgan fingerprint density at radius 3 is 2.44 bits per heavy atom. The van der Waals surface area contributed by atoms with E-state index in [9.17, 15) is 4.79 Å². The third kappa shape index (κ3) is 4.34. The highest BCUT2D eigenvalue weighted by Gasteiger charge is 2.09. The molecule has 1 aromatic rings. The second kappa shape index (κ2) is 5.01. The summed E-state index contributed by atoms with van der Waals surface area (Å²) in [7, 11) is 0. The van der Waals surface area contributed by atoms with Crippen molar-refractivity contribution in [3.63, 3.8) is 0 Å². The number of amides is 1. The Morgan fingerprint density at radius 2 is 1.88 bits per heavy atom. The minimum atomic E-state index is 0.0212. The minimum absolute atomic E-state index is 0.0212. The van der Waals surface area contributed by atoms with Crippen LogP contribution in [0.3, 0.4) is 0 Å². The van der Waals surface area contributed by atoms with E-state index in [-0.39, 0.29) is 11.4 Å². The summed E-state index contributed by atoms with van der Waals surface area (Å²) in [5, 5.41) is 6.20.